The number of hydrogen-bond acceptors (Lipinski definition) is 2. The number of likely N-dealkylation sites (N-methyl/N-ethyl adjacent to an activating group) is 1. The highest BCUT2D eigenvalue weighted by atomic mass is 35.5. The Labute approximate surface area is 57.0 Å². The van der Waals surface area contributed by atoms with Gasteiger partial charge in [-0.3, -0.25) is 0 Å². The lowest BCUT2D eigenvalue weighted by atomic mass is 10.6. The highest BCUT2D eigenvalue weighted by molar-refractivity contribution is 5.85. The molecule has 0 bridgehead atoms. The van der Waals surface area contributed by atoms with Crippen LogP contribution in [-0.4, -0.2) is 26.8 Å². The standard InChI is InChI=1S/C5H13NO.ClH/c1-3-6-4-5-7-2;/h6H,3-5H2,1-2H3;1H. The number of hydrogen-bond donors (Lipinski definition) is 1. The highest BCUT2D eigenvalue weighted by Gasteiger charge is 1.76. The maximum absolute atomic E-state index is 4.78. The molecule has 0 radical (unpaired) electrons. The third kappa shape index (κ3) is 9.51. The molecule has 0 heterocycles. The molecule has 0 aliphatic rings. The van der Waals surface area contributed by atoms with E-state index in [9.17, 15) is 0 Å². The predicted octanol–water partition coefficient (Wildman–Crippen LogP) is 0.664. The molecule has 1 N–H and O–H groups in total. The van der Waals surface area contributed by atoms with Crippen molar-refractivity contribution in [3.63, 3.8) is 0 Å². The first kappa shape index (κ1) is 11.1. The van der Waals surface area contributed by atoms with E-state index in [1.54, 1.807) is 7.11 Å². The second kappa shape index (κ2) is 10.2. The van der Waals surface area contributed by atoms with Gasteiger partial charge in [0.05, 0.1) is 6.61 Å². The maximum atomic E-state index is 4.78. The number of ether oxygens (including phenoxy) is 1. The van der Waals surface area contributed by atoms with Crippen LogP contribution in [0.5, 0.6) is 0 Å². The molecule has 8 heavy (non-hydrogen) atoms. The molecule has 0 aliphatic carbocycles. The van der Waals surface area contributed by atoms with Gasteiger partial charge in [-0.2, -0.15) is 0 Å². The lowest BCUT2D eigenvalue weighted by Gasteiger charge is -1.96. The molecule has 0 aromatic rings. The third-order valence-electron chi connectivity index (χ3n) is 0.733. The smallest absolute Gasteiger partial charge is 0.0587 e. The van der Waals surface area contributed by atoms with E-state index in [2.05, 4.69) is 12.2 Å². The number of methoxy groups -OCH3 is 1. The van der Waals surface area contributed by atoms with Gasteiger partial charge in [-0.1, -0.05) is 6.92 Å². The van der Waals surface area contributed by atoms with Crippen LogP contribution in [0.1, 0.15) is 6.92 Å². The van der Waals surface area contributed by atoms with E-state index < -0.39 is 0 Å². The molecule has 0 atom stereocenters. The zero-order valence-corrected chi connectivity index (χ0v) is 6.25. The summed E-state index contributed by atoms with van der Waals surface area (Å²) in [6.07, 6.45) is 0. The molecule has 0 aromatic carbocycles. The lowest BCUT2D eigenvalue weighted by Crippen LogP contribution is -2.17. The van der Waals surface area contributed by atoms with Crippen molar-refractivity contribution < 1.29 is 4.74 Å². The van der Waals surface area contributed by atoms with Gasteiger partial charge in [0.15, 0.2) is 0 Å². The first-order chi connectivity index (χ1) is 3.41. The third-order valence-corrected chi connectivity index (χ3v) is 0.733. The zero-order chi connectivity index (χ0) is 5.54. The summed E-state index contributed by atoms with van der Waals surface area (Å²) in [6, 6.07) is 0. The molecule has 0 aliphatic heterocycles. The van der Waals surface area contributed by atoms with Crippen LogP contribution in [0.15, 0.2) is 0 Å². The monoisotopic (exact) mass is 139 g/mol. The fourth-order valence-electron chi connectivity index (χ4n) is 0.351. The van der Waals surface area contributed by atoms with Crippen LogP contribution < -0.4 is 5.32 Å². The van der Waals surface area contributed by atoms with Crippen LogP contribution in [-0.2, 0) is 4.74 Å². The maximum Gasteiger partial charge on any atom is 0.0587 e. The summed E-state index contributed by atoms with van der Waals surface area (Å²) in [5.41, 5.74) is 0. The van der Waals surface area contributed by atoms with E-state index in [1.165, 1.54) is 0 Å². The Hall–Kier alpha value is 0.210. The van der Waals surface area contributed by atoms with E-state index in [-0.39, 0.29) is 12.4 Å². The summed E-state index contributed by atoms with van der Waals surface area (Å²) in [5.74, 6) is 0. The largest absolute Gasteiger partial charge is 0.383 e. The van der Waals surface area contributed by atoms with E-state index in [1.807, 2.05) is 0 Å². The summed E-state index contributed by atoms with van der Waals surface area (Å²) in [5, 5.41) is 3.12. The zero-order valence-electron chi connectivity index (χ0n) is 5.44. The lowest BCUT2D eigenvalue weighted by molar-refractivity contribution is 0.200. The number of nitrogens with one attached hydrogen (secondary N) is 1. The molecule has 2 nitrogen and oxygen atoms in total. The molecule has 0 amide bonds. The van der Waals surface area contributed by atoms with Crippen molar-refractivity contribution in [3.05, 3.63) is 0 Å². The average Bonchev–Trinajstić information content (AvgIpc) is 1.69. The minimum Gasteiger partial charge on any atom is -0.383 e. The predicted molar refractivity (Wildman–Crippen MR) is 37.7 cm³/mol. The van der Waals surface area contributed by atoms with E-state index >= 15 is 0 Å². The quantitative estimate of drug-likeness (QED) is 0.578. The van der Waals surface area contributed by atoms with Crippen LogP contribution in [0, 0.1) is 0 Å². The topological polar surface area (TPSA) is 21.3 Å². The second-order valence-corrected chi connectivity index (χ2v) is 1.35. The van der Waals surface area contributed by atoms with Crippen molar-refractivity contribution in [2.24, 2.45) is 0 Å². The molecule has 0 spiro atoms. The minimum atomic E-state index is 0. The van der Waals surface area contributed by atoms with Gasteiger partial charge < -0.3 is 10.1 Å². The Balaban J connectivity index is 0. The van der Waals surface area contributed by atoms with Crippen molar-refractivity contribution in [1.82, 2.24) is 5.32 Å². The van der Waals surface area contributed by atoms with E-state index in [0.717, 1.165) is 19.7 Å². The molecule has 0 unspecified atom stereocenters. The number of rotatable bonds is 4. The number of halogens is 1. The Kier molecular flexibility index (Phi) is 14.2. The summed E-state index contributed by atoms with van der Waals surface area (Å²) >= 11 is 0. The van der Waals surface area contributed by atoms with Crippen LogP contribution in [0.3, 0.4) is 0 Å². The Morgan fingerprint density at radius 3 is 2.50 bits per heavy atom. The molecule has 3 heteroatoms. The van der Waals surface area contributed by atoms with Gasteiger partial charge in [-0.25, -0.2) is 0 Å². The molecule has 0 saturated heterocycles. The van der Waals surface area contributed by atoms with Gasteiger partial charge in [-0.15, -0.1) is 12.4 Å². The molecule has 52 valence electrons. The first-order valence-electron chi connectivity index (χ1n) is 2.61. The van der Waals surface area contributed by atoms with Crippen molar-refractivity contribution in [1.29, 1.82) is 0 Å². The molecular formula is C5H14ClNO. The van der Waals surface area contributed by atoms with Gasteiger partial charge in [-0.05, 0) is 6.54 Å². The Morgan fingerprint density at radius 2 is 2.12 bits per heavy atom. The van der Waals surface area contributed by atoms with E-state index in [4.69, 9.17) is 4.74 Å². The molecule has 0 saturated carbocycles. The first-order valence-corrected chi connectivity index (χ1v) is 2.61. The van der Waals surface area contributed by atoms with Crippen molar-refractivity contribution >= 4 is 12.4 Å². The van der Waals surface area contributed by atoms with Crippen molar-refractivity contribution in [2.75, 3.05) is 26.8 Å². The van der Waals surface area contributed by atoms with Crippen molar-refractivity contribution in [3.8, 4) is 0 Å². The normalized spacial score (nSPS) is 8.25. The van der Waals surface area contributed by atoms with Gasteiger partial charge in [0, 0.05) is 13.7 Å². The van der Waals surface area contributed by atoms with Gasteiger partial charge in [0.25, 0.3) is 0 Å². The van der Waals surface area contributed by atoms with Crippen LogP contribution in [0.2, 0.25) is 0 Å². The van der Waals surface area contributed by atoms with Gasteiger partial charge in [0.1, 0.15) is 0 Å². The molecule has 0 rings (SSSR count). The van der Waals surface area contributed by atoms with Gasteiger partial charge in [0.2, 0.25) is 0 Å². The Bertz CT molecular complexity index is 31.6. The Morgan fingerprint density at radius 1 is 1.50 bits per heavy atom. The van der Waals surface area contributed by atoms with Crippen LogP contribution >= 0.6 is 12.4 Å². The SMILES string of the molecule is CCNCCOC.Cl. The molecular weight excluding hydrogens is 126 g/mol. The fourth-order valence-corrected chi connectivity index (χ4v) is 0.351. The second-order valence-electron chi connectivity index (χ2n) is 1.35. The molecule has 0 aromatic heterocycles. The highest BCUT2D eigenvalue weighted by Crippen LogP contribution is 1.61. The summed E-state index contributed by atoms with van der Waals surface area (Å²) < 4.78 is 4.78. The van der Waals surface area contributed by atoms with Crippen LogP contribution in [0.25, 0.3) is 0 Å². The molecule has 0 fully saturated rings. The fraction of sp³-hybridized carbons (Fsp3) is 1.00. The van der Waals surface area contributed by atoms with Crippen LogP contribution in [0.4, 0.5) is 0 Å². The summed E-state index contributed by atoms with van der Waals surface area (Å²) in [7, 11) is 1.71. The summed E-state index contributed by atoms with van der Waals surface area (Å²) in [6.45, 7) is 4.89. The average molecular weight is 140 g/mol. The van der Waals surface area contributed by atoms with Gasteiger partial charge >= 0.3 is 0 Å². The van der Waals surface area contributed by atoms with Crippen molar-refractivity contribution in [2.45, 2.75) is 6.92 Å². The van der Waals surface area contributed by atoms with E-state index in [0.29, 0.717) is 0 Å². The summed E-state index contributed by atoms with van der Waals surface area (Å²) in [4.78, 5) is 0. The minimum absolute atomic E-state index is 0.